The van der Waals surface area contributed by atoms with E-state index in [1.54, 1.807) is 45.0 Å². The summed E-state index contributed by atoms with van der Waals surface area (Å²) in [5.74, 6) is -3.55. The van der Waals surface area contributed by atoms with Crippen molar-refractivity contribution >= 4 is 16.7 Å². The van der Waals surface area contributed by atoms with Gasteiger partial charge in [0.25, 0.3) is 5.56 Å². The lowest BCUT2D eigenvalue weighted by molar-refractivity contribution is -0.161. The minimum atomic E-state index is -1.57. The van der Waals surface area contributed by atoms with Crippen molar-refractivity contribution in [2.24, 2.45) is 7.05 Å². The molecule has 5 nitrogen and oxygen atoms in total. The molecule has 0 aliphatic heterocycles. The van der Waals surface area contributed by atoms with E-state index in [1.807, 2.05) is 0 Å². The Kier molecular flexibility index (Phi) is 5.28. The summed E-state index contributed by atoms with van der Waals surface area (Å²) in [5, 5.41) is 10.4. The van der Waals surface area contributed by atoms with E-state index in [0.29, 0.717) is 5.39 Å². The molecule has 1 atom stereocenters. The van der Waals surface area contributed by atoms with E-state index in [2.05, 4.69) is 0 Å². The molecule has 3 aromatic rings. The predicted octanol–water partition coefficient (Wildman–Crippen LogP) is 4.42. The van der Waals surface area contributed by atoms with Crippen molar-refractivity contribution < 1.29 is 23.4 Å². The molecule has 0 saturated heterocycles. The molecule has 2 aromatic carbocycles. The number of fused-ring (bicyclic) bond motifs is 1. The van der Waals surface area contributed by atoms with Gasteiger partial charge in [-0.1, -0.05) is 30.3 Å². The number of hydrogen-bond acceptors (Lipinski definition) is 3. The predicted molar refractivity (Wildman–Crippen MR) is 106 cm³/mol. The fraction of sp³-hybridized carbons (Fsp3) is 0.273. The van der Waals surface area contributed by atoms with Gasteiger partial charge in [0, 0.05) is 23.6 Å². The highest BCUT2D eigenvalue weighted by Crippen LogP contribution is 2.38. The van der Waals surface area contributed by atoms with Gasteiger partial charge in [-0.15, -0.1) is 0 Å². The first kappa shape index (κ1) is 20.7. The van der Waals surface area contributed by atoms with Crippen LogP contribution >= 0.6 is 0 Å². The van der Waals surface area contributed by atoms with Crippen LogP contribution < -0.4 is 5.56 Å². The van der Waals surface area contributed by atoms with Crippen molar-refractivity contribution in [3.05, 3.63) is 70.1 Å². The second-order valence-electron chi connectivity index (χ2n) is 7.72. The summed E-state index contributed by atoms with van der Waals surface area (Å²) in [6, 6.07) is 10.1. The van der Waals surface area contributed by atoms with E-state index >= 15 is 0 Å². The Morgan fingerprint density at radius 3 is 2.28 bits per heavy atom. The summed E-state index contributed by atoms with van der Waals surface area (Å²) in [6.45, 7) is 5.01. The van der Waals surface area contributed by atoms with Gasteiger partial charge >= 0.3 is 5.97 Å². The summed E-state index contributed by atoms with van der Waals surface area (Å²) in [6.07, 6.45) is -1.57. The van der Waals surface area contributed by atoms with E-state index in [-0.39, 0.29) is 22.2 Å². The zero-order valence-corrected chi connectivity index (χ0v) is 16.5. The summed E-state index contributed by atoms with van der Waals surface area (Å²) in [5.41, 5.74) is -1.42. The number of carboxylic acids is 1. The minimum Gasteiger partial charge on any atom is -0.479 e. The second-order valence-corrected chi connectivity index (χ2v) is 7.72. The number of pyridine rings is 1. The Hall–Kier alpha value is -3.06. The van der Waals surface area contributed by atoms with Crippen LogP contribution in [-0.2, 0) is 16.6 Å². The molecule has 0 aliphatic carbocycles. The fourth-order valence-corrected chi connectivity index (χ4v) is 3.35. The number of rotatable bonds is 4. The van der Waals surface area contributed by atoms with Crippen molar-refractivity contribution in [2.75, 3.05) is 0 Å². The SMILES string of the molecule is Cn1c(C(OC(C)(C)C)C(=O)O)c(-c2cccc(F)c2F)c2ccccc2c1=O. The number of hydrogen-bond donors (Lipinski definition) is 1. The Morgan fingerprint density at radius 1 is 1.07 bits per heavy atom. The lowest BCUT2D eigenvalue weighted by Crippen LogP contribution is -2.33. The molecule has 0 bridgehead atoms. The zero-order valence-electron chi connectivity index (χ0n) is 16.5. The van der Waals surface area contributed by atoms with Gasteiger partial charge in [-0.25, -0.2) is 13.6 Å². The molecule has 0 spiro atoms. The van der Waals surface area contributed by atoms with Gasteiger partial charge in [-0.2, -0.15) is 0 Å². The Bertz CT molecular complexity index is 1160. The summed E-state index contributed by atoms with van der Waals surface area (Å²) in [7, 11) is 1.40. The third-order valence-electron chi connectivity index (χ3n) is 4.51. The van der Waals surface area contributed by atoms with E-state index in [4.69, 9.17) is 4.74 Å². The summed E-state index contributed by atoms with van der Waals surface area (Å²) < 4.78 is 35.7. The number of carbonyl (C=O) groups is 1. The highest BCUT2D eigenvalue weighted by atomic mass is 19.2. The molecule has 0 radical (unpaired) electrons. The number of nitrogens with zero attached hydrogens (tertiary/aromatic N) is 1. The average molecular weight is 401 g/mol. The third-order valence-corrected chi connectivity index (χ3v) is 4.51. The van der Waals surface area contributed by atoms with Crippen LogP contribution in [0.25, 0.3) is 21.9 Å². The fourth-order valence-electron chi connectivity index (χ4n) is 3.35. The van der Waals surface area contributed by atoms with Crippen LogP contribution in [-0.4, -0.2) is 21.2 Å². The van der Waals surface area contributed by atoms with Gasteiger partial charge in [0.05, 0.1) is 11.3 Å². The van der Waals surface area contributed by atoms with Crippen LogP contribution in [0.4, 0.5) is 8.78 Å². The molecule has 7 heteroatoms. The molecule has 152 valence electrons. The first-order valence-electron chi connectivity index (χ1n) is 8.99. The monoisotopic (exact) mass is 401 g/mol. The van der Waals surface area contributed by atoms with E-state index in [9.17, 15) is 23.5 Å². The quantitative estimate of drug-likeness (QED) is 0.703. The first-order valence-corrected chi connectivity index (χ1v) is 8.99. The molecule has 1 heterocycles. The maximum atomic E-state index is 14.8. The van der Waals surface area contributed by atoms with Crippen LogP contribution in [0, 0.1) is 11.6 Å². The van der Waals surface area contributed by atoms with E-state index in [1.165, 1.54) is 19.2 Å². The van der Waals surface area contributed by atoms with Crippen molar-refractivity contribution in [3.8, 4) is 11.1 Å². The molecule has 1 N–H and O–H groups in total. The molecule has 1 unspecified atom stereocenters. The maximum Gasteiger partial charge on any atom is 0.339 e. The summed E-state index contributed by atoms with van der Waals surface area (Å²) >= 11 is 0. The Labute approximate surface area is 166 Å². The average Bonchev–Trinajstić information content (AvgIpc) is 2.64. The molecule has 0 amide bonds. The first-order chi connectivity index (χ1) is 13.5. The van der Waals surface area contributed by atoms with Crippen molar-refractivity contribution in [1.82, 2.24) is 4.57 Å². The van der Waals surface area contributed by atoms with Crippen molar-refractivity contribution in [2.45, 2.75) is 32.5 Å². The molecule has 0 saturated carbocycles. The van der Waals surface area contributed by atoms with Crippen LogP contribution in [0.2, 0.25) is 0 Å². The van der Waals surface area contributed by atoms with Gasteiger partial charge < -0.3 is 14.4 Å². The maximum absolute atomic E-state index is 14.8. The van der Waals surface area contributed by atoms with Crippen LogP contribution in [0.1, 0.15) is 32.6 Å². The molecule has 3 rings (SSSR count). The molecule has 0 fully saturated rings. The topological polar surface area (TPSA) is 68.5 Å². The van der Waals surface area contributed by atoms with Crippen molar-refractivity contribution in [1.29, 1.82) is 0 Å². The zero-order chi connectivity index (χ0) is 21.5. The number of benzene rings is 2. The van der Waals surface area contributed by atoms with Crippen LogP contribution in [0.3, 0.4) is 0 Å². The highest BCUT2D eigenvalue weighted by Gasteiger charge is 2.33. The van der Waals surface area contributed by atoms with Crippen molar-refractivity contribution in [3.63, 3.8) is 0 Å². The second kappa shape index (κ2) is 7.40. The Balaban J connectivity index is 2.52. The van der Waals surface area contributed by atoms with Gasteiger partial charge in [-0.3, -0.25) is 4.79 Å². The highest BCUT2D eigenvalue weighted by molar-refractivity contribution is 5.99. The number of aromatic nitrogens is 1. The smallest absolute Gasteiger partial charge is 0.339 e. The molecular weight excluding hydrogens is 380 g/mol. The third kappa shape index (κ3) is 3.78. The Morgan fingerprint density at radius 2 is 1.69 bits per heavy atom. The molecule has 1 aromatic heterocycles. The molecule has 29 heavy (non-hydrogen) atoms. The van der Waals surface area contributed by atoms with Gasteiger partial charge in [0.15, 0.2) is 17.7 Å². The minimum absolute atomic E-state index is 0.0550. The number of aliphatic carboxylic acids is 1. The lowest BCUT2D eigenvalue weighted by Gasteiger charge is -2.28. The van der Waals surface area contributed by atoms with Crippen LogP contribution in [0.15, 0.2) is 47.3 Å². The standard InChI is InChI=1S/C22H21F2NO4/c1-22(2,3)29-19(21(27)28)18-16(14-10-7-11-15(23)17(14)24)12-8-5-6-9-13(12)20(26)25(18)4/h5-11,19H,1-4H3,(H,27,28). The van der Waals surface area contributed by atoms with E-state index < -0.39 is 34.9 Å². The number of halogens is 2. The summed E-state index contributed by atoms with van der Waals surface area (Å²) in [4.78, 5) is 25.0. The molecular formula is C22H21F2NO4. The van der Waals surface area contributed by atoms with Gasteiger partial charge in [0.1, 0.15) is 0 Å². The normalized spacial score (nSPS) is 12.9. The molecule has 0 aliphatic rings. The van der Waals surface area contributed by atoms with Crippen LogP contribution in [0.5, 0.6) is 0 Å². The van der Waals surface area contributed by atoms with Gasteiger partial charge in [0.2, 0.25) is 0 Å². The van der Waals surface area contributed by atoms with Gasteiger partial charge in [-0.05, 0) is 38.3 Å². The largest absolute Gasteiger partial charge is 0.479 e. The van der Waals surface area contributed by atoms with E-state index in [0.717, 1.165) is 10.6 Å². The number of ether oxygens (including phenoxy) is 1. The lowest BCUT2D eigenvalue weighted by atomic mass is 9.93. The number of carboxylic acid groups (broad SMARTS) is 1.